The topological polar surface area (TPSA) is 78.0 Å². The van der Waals surface area contributed by atoms with E-state index in [9.17, 15) is 27.2 Å². The van der Waals surface area contributed by atoms with Gasteiger partial charge in [-0.2, -0.15) is 13.2 Å². The maximum atomic E-state index is 13.4. The highest BCUT2D eigenvalue weighted by atomic mass is 19.4. The van der Waals surface area contributed by atoms with Crippen molar-refractivity contribution in [2.45, 2.75) is 19.0 Å². The first-order chi connectivity index (χ1) is 15.6. The average Bonchev–Trinajstić information content (AvgIpc) is 2.78. The molecule has 0 spiro atoms. The summed E-state index contributed by atoms with van der Waals surface area (Å²) in [4.78, 5) is 28.1. The first kappa shape index (κ1) is 22.2. The zero-order valence-corrected chi connectivity index (χ0v) is 17.1. The summed E-state index contributed by atoms with van der Waals surface area (Å²) < 4.78 is 53.6. The van der Waals surface area contributed by atoms with E-state index in [0.29, 0.717) is 35.2 Å². The van der Waals surface area contributed by atoms with Crippen LogP contribution in [-0.2, 0) is 19.0 Å². The van der Waals surface area contributed by atoms with E-state index in [2.05, 4.69) is 4.98 Å². The Morgan fingerprint density at radius 2 is 1.64 bits per heavy atom. The number of nitrogens with two attached hydrogens (primary N) is 1. The molecule has 0 fully saturated rings. The number of fused-ring (bicyclic) bond motifs is 1. The number of carbonyl (C=O) groups is 1. The van der Waals surface area contributed by atoms with Crippen LogP contribution in [0.3, 0.4) is 0 Å². The molecule has 0 bridgehead atoms. The van der Waals surface area contributed by atoms with Crippen molar-refractivity contribution in [2.75, 3.05) is 0 Å². The van der Waals surface area contributed by atoms with Crippen molar-refractivity contribution in [3.05, 3.63) is 105 Å². The van der Waals surface area contributed by atoms with Crippen LogP contribution >= 0.6 is 0 Å². The number of carbonyl (C=O) groups excluding carboxylic acids is 1. The maximum Gasteiger partial charge on any atom is 0.433 e. The lowest BCUT2D eigenvalue weighted by atomic mass is 10.0. The van der Waals surface area contributed by atoms with Gasteiger partial charge in [-0.1, -0.05) is 6.07 Å². The van der Waals surface area contributed by atoms with Gasteiger partial charge in [0.15, 0.2) is 0 Å². The van der Waals surface area contributed by atoms with Crippen LogP contribution in [0.4, 0.5) is 17.6 Å². The molecule has 9 heteroatoms. The molecule has 2 aromatic heterocycles. The van der Waals surface area contributed by atoms with Gasteiger partial charge >= 0.3 is 6.18 Å². The minimum atomic E-state index is -4.53. The predicted octanol–water partition coefficient (Wildman–Crippen LogP) is 4.43. The number of alkyl halides is 3. The zero-order chi connectivity index (χ0) is 23.8. The van der Waals surface area contributed by atoms with Gasteiger partial charge in [0, 0.05) is 23.5 Å². The molecule has 0 aliphatic rings. The van der Waals surface area contributed by atoms with Crippen molar-refractivity contribution in [3.63, 3.8) is 0 Å². The third-order valence-electron chi connectivity index (χ3n) is 5.26. The molecule has 0 unspecified atom stereocenters. The van der Waals surface area contributed by atoms with Crippen molar-refractivity contribution >= 4 is 16.8 Å². The van der Waals surface area contributed by atoms with E-state index < -0.39 is 29.0 Å². The molecule has 4 rings (SSSR count). The number of aryl methyl sites for hydroxylation is 2. The average molecular weight is 455 g/mol. The van der Waals surface area contributed by atoms with Crippen molar-refractivity contribution in [1.29, 1.82) is 0 Å². The van der Waals surface area contributed by atoms with Gasteiger partial charge in [0.05, 0.1) is 5.52 Å². The van der Waals surface area contributed by atoms with Crippen LogP contribution in [0.1, 0.15) is 27.2 Å². The molecule has 2 N–H and O–H groups in total. The number of aromatic nitrogens is 2. The first-order valence-electron chi connectivity index (χ1n) is 9.89. The van der Waals surface area contributed by atoms with Gasteiger partial charge in [0.25, 0.3) is 5.91 Å². The monoisotopic (exact) mass is 455 g/mol. The van der Waals surface area contributed by atoms with Crippen LogP contribution in [0, 0.1) is 5.82 Å². The fourth-order valence-corrected chi connectivity index (χ4v) is 3.60. The Morgan fingerprint density at radius 1 is 0.970 bits per heavy atom. The number of pyridine rings is 2. The lowest BCUT2D eigenvalue weighted by molar-refractivity contribution is -0.141. The Bertz CT molecular complexity index is 1410. The van der Waals surface area contributed by atoms with E-state index in [4.69, 9.17) is 5.73 Å². The number of primary amides is 1. The lowest BCUT2D eigenvalue weighted by Crippen LogP contribution is -2.24. The molecule has 0 aliphatic carbocycles. The summed E-state index contributed by atoms with van der Waals surface area (Å²) in [7, 11) is 0. The van der Waals surface area contributed by atoms with Gasteiger partial charge < -0.3 is 10.3 Å². The normalized spacial score (nSPS) is 11.6. The fraction of sp³-hybridized carbons (Fsp3) is 0.125. The highest BCUT2D eigenvalue weighted by Gasteiger charge is 2.32. The zero-order valence-electron chi connectivity index (χ0n) is 17.1. The van der Waals surface area contributed by atoms with Crippen LogP contribution in [0.5, 0.6) is 0 Å². The van der Waals surface area contributed by atoms with E-state index in [-0.39, 0.29) is 10.9 Å². The second-order valence-corrected chi connectivity index (χ2v) is 7.48. The molecule has 0 saturated carbocycles. The van der Waals surface area contributed by atoms with Crippen LogP contribution < -0.4 is 11.2 Å². The number of hydrogen-bond donors (Lipinski definition) is 1. The largest absolute Gasteiger partial charge is 0.433 e. The second-order valence-electron chi connectivity index (χ2n) is 7.48. The van der Waals surface area contributed by atoms with Crippen molar-refractivity contribution in [2.24, 2.45) is 5.73 Å². The summed E-state index contributed by atoms with van der Waals surface area (Å²) in [6, 6.07) is 13.0. The minimum Gasteiger partial charge on any atom is -0.365 e. The van der Waals surface area contributed by atoms with Gasteiger partial charge in [-0.25, -0.2) is 4.39 Å². The fourth-order valence-electron chi connectivity index (χ4n) is 3.60. The Labute approximate surface area is 185 Å². The third-order valence-corrected chi connectivity index (χ3v) is 5.26. The Hall–Kier alpha value is -4.01. The lowest BCUT2D eigenvalue weighted by Gasteiger charge is -2.14. The number of rotatable bonds is 5. The Kier molecular flexibility index (Phi) is 5.71. The van der Waals surface area contributed by atoms with Crippen LogP contribution in [0.2, 0.25) is 0 Å². The molecule has 0 aliphatic heterocycles. The molecule has 0 saturated heterocycles. The summed E-state index contributed by atoms with van der Waals surface area (Å²) in [5, 5.41) is 0.221. The summed E-state index contributed by atoms with van der Waals surface area (Å²) in [5.41, 5.74) is 5.78. The van der Waals surface area contributed by atoms with Crippen LogP contribution in [0.15, 0.2) is 71.8 Å². The van der Waals surface area contributed by atoms with Crippen LogP contribution in [0.25, 0.3) is 16.6 Å². The number of halogens is 4. The molecule has 2 aromatic carbocycles. The molecule has 0 radical (unpaired) electrons. The van der Waals surface area contributed by atoms with E-state index in [0.717, 1.165) is 12.3 Å². The summed E-state index contributed by atoms with van der Waals surface area (Å²) in [6.07, 6.45) is -1.46. The van der Waals surface area contributed by atoms with E-state index in [1.807, 2.05) is 0 Å². The van der Waals surface area contributed by atoms with E-state index >= 15 is 0 Å². The number of benzene rings is 2. The highest BCUT2D eigenvalue weighted by Crippen LogP contribution is 2.28. The molecule has 2 heterocycles. The van der Waals surface area contributed by atoms with Crippen molar-refractivity contribution in [3.8, 4) is 5.69 Å². The summed E-state index contributed by atoms with van der Waals surface area (Å²) >= 11 is 0. The van der Waals surface area contributed by atoms with Crippen LogP contribution in [-0.4, -0.2) is 15.5 Å². The van der Waals surface area contributed by atoms with Gasteiger partial charge in [0.2, 0.25) is 5.43 Å². The SMILES string of the molecule is NC(=O)c1cn(-c2ccc(F)cc2)c2ccc(CCc3ccnc(C(F)(F)F)c3)cc2c1=O. The molecule has 5 nitrogen and oxygen atoms in total. The number of nitrogens with zero attached hydrogens (tertiary/aromatic N) is 2. The van der Waals surface area contributed by atoms with Gasteiger partial charge in [-0.15, -0.1) is 0 Å². The highest BCUT2D eigenvalue weighted by molar-refractivity contribution is 5.96. The Balaban J connectivity index is 1.74. The van der Waals surface area contributed by atoms with Gasteiger partial charge in [-0.05, 0) is 72.5 Å². The molecule has 168 valence electrons. The van der Waals surface area contributed by atoms with Gasteiger partial charge in [0.1, 0.15) is 17.1 Å². The first-order valence-corrected chi connectivity index (χ1v) is 9.89. The van der Waals surface area contributed by atoms with Crippen molar-refractivity contribution < 1.29 is 22.4 Å². The Morgan fingerprint density at radius 3 is 2.27 bits per heavy atom. The number of hydrogen-bond acceptors (Lipinski definition) is 3. The molecule has 0 atom stereocenters. The van der Waals surface area contributed by atoms with E-state index in [1.165, 1.54) is 36.5 Å². The summed E-state index contributed by atoms with van der Waals surface area (Å²) in [6.45, 7) is 0. The molecule has 33 heavy (non-hydrogen) atoms. The van der Waals surface area contributed by atoms with Crippen molar-refractivity contribution in [1.82, 2.24) is 9.55 Å². The molecule has 4 aromatic rings. The maximum absolute atomic E-state index is 13.4. The van der Waals surface area contributed by atoms with E-state index in [1.54, 1.807) is 22.8 Å². The quantitative estimate of drug-likeness (QED) is 0.453. The molecular formula is C24H17F4N3O2. The second kappa shape index (κ2) is 8.50. The standard InChI is InChI=1S/C24H17F4N3O2/c25-16-4-6-17(7-5-16)31-13-19(23(29)33)22(32)18-11-14(3-8-20(18)31)1-2-15-9-10-30-21(12-15)24(26,27)28/h3-13H,1-2H2,(H2,29,33). The number of amides is 1. The van der Waals surface area contributed by atoms with Gasteiger partial charge in [-0.3, -0.25) is 14.6 Å². The third kappa shape index (κ3) is 4.62. The smallest absolute Gasteiger partial charge is 0.365 e. The molecule has 1 amide bonds. The summed E-state index contributed by atoms with van der Waals surface area (Å²) in [5.74, 6) is -1.34. The molecular weight excluding hydrogens is 438 g/mol. The predicted molar refractivity (Wildman–Crippen MR) is 115 cm³/mol. The minimum absolute atomic E-state index is 0.221.